The monoisotopic (exact) mass is 252 g/mol. The molecule has 1 saturated heterocycles. The van der Waals surface area contributed by atoms with E-state index >= 15 is 0 Å². The van der Waals surface area contributed by atoms with Crippen molar-refractivity contribution >= 4 is 11.7 Å². The molecule has 18 heavy (non-hydrogen) atoms. The van der Waals surface area contributed by atoms with E-state index in [1.54, 1.807) is 4.90 Å². The van der Waals surface area contributed by atoms with Gasteiger partial charge in [0, 0.05) is 19.2 Å². The molecule has 0 saturated carbocycles. The minimum absolute atomic E-state index is 0.0474. The first-order valence-corrected chi connectivity index (χ1v) is 5.78. The third kappa shape index (κ3) is 2.21. The summed E-state index contributed by atoms with van der Waals surface area (Å²) in [5.74, 6) is -0.376. The molecule has 0 aliphatic carbocycles. The summed E-state index contributed by atoms with van der Waals surface area (Å²) in [6.07, 6.45) is 0.859. The van der Waals surface area contributed by atoms with Gasteiger partial charge in [-0.2, -0.15) is 0 Å². The van der Waals surface area contributed by atoms with Crippen molar-refractivity contribution in [3.63, 3.8) is 0 Å². The van der Waals surface area contributed by atoms with Gasteiger partial charge < -0.3 is 20.7 Å². The highest BCUT2D eigenvalue weighted by Gasteiger charge is 2.36. The van der Waals surface area contributed by atoms with Crippen molar-refractivity contribution in [2.75, 3.05) is 19.6 Å². The van der Waals surface area contributed by atoms with Gasteiger partial charge in [0.2, 0.25) is 0 Å². The molecule has 1 unspecified atom stereocenters. The van der Waals surface area contributed by atoms with Crippen LogP contribution in [-0.4, -0.2) is 40.3 Å². The molecule has 0 spiro atoms. The number of amides is 1. The number of carbonyl (C=O) groups excluding carboxylic acids is 1. The first kappa shape index (κ1) is 12.6. The number of aromatic nitrogens is 1. The van der Waals surface area contributed by atoms with Gasteiger partial charge in [0.1, 0.15) is 0 Å². The highest BCUT2D eigenvalue weighted by Crippen LogP contribution is 2.29. The number of carbonyl (C=O) groups is 1. The Bertz CT molecular complexity index is 484. The molecule has 1 aliphatic heterocycles. The van der Waals surface area contributed by atoms with Crippen molar-refractivity contribution in [2.45, 2.75) is 13.3 Å². The van der Waals surface area contributed by atoms with Gasteiger partial charge in [-0.25, -0.2) is 4.98 Å². The van der Waals surface area contributed by atoms with Gasteiger partial charge in [-0.15, -0.1) is 0 Å². The molecular weight excluding hydrogens is 236 g/mol. The van der Waals surface area contributed by atoms with Crippen LogP contribution in [0.2, 0.25) is 0 Å². The summed E-state index contributed by atoms with van der Waals surface area (Å²) in [6.45, 7) is 3.80. The number of nitrogens with zero attached hydrogens (tertiary/aromatic N) is 2. The van der Waals surface area contributed by atoms with Crippen molar-refractivity contribution in [3.05, 3.63) is 27.9 Å². The van der Waals surface area contributed by atoms with Gasteiger partial charge in [-0.1, -0.05) is 6.92 Å². The zero-order valence-corrected chi connectivity index (χ0v) is 10.2. The second-order valence-corrected chi connectivity index (χ2v) is 5.01. The maximum atomic E-state index is 12.1. The average Bonchev–Trinajstić information content (AvgIpc) is 2.95. The molecule has 7 nitrogen and oxygen atoms in total. The van der Waals surface area contributed by atoms with Crippen LogP contribution < -0.4 is 5.73 Å². The van der Waals surface area contributed by atoms with Crippen LogP contribution in [0.3, 0.4) is 0 Å². The highest BCUT2D eigenvalue weighted by atomic mass is 16.6. The molecule has 1 amide bonds. The molecule has 1 atom stereocenters. The Balaban J connectivity index is 2.10. The highest BCUT2D eigenvalue weighted by molar-refractivity contribution is 5.93. The summed E-state index contributed by atoms with van der Waals surface area (Å²) in [7, 11) is 0. The van der Waals surface area contributed by atoms with E-state index in [2.05, 4.69) is 4.98 Å². The average molecular weight is 252 g/mol. The number of aromatic amines is 1. The van der Waals surface area contributed by atoms with Gasteiger partial charge in [0.15, 0.2) is 5.69 Å². The van der Waals surface area contributed by atoms with Crippen LogP contribution in [0.5, 0.6) is 0 Å². The molecule has 1 aromatic rings. The third-order valence-corrected chi connectivity index (χ3v) is 3.44. The third-order valence-electron chi connectivity index (χ3n) is 3.44. The first-order valence-electron chi connectivity index (χ1n) is 5.78. The minimum atomic E-state index is -0.551. The summed E-state index contributed by atoms with van der Waals surface area (Å²) in [4.78, 5) is 26.3. The predicted octanol–water partition coefficient (Wildman–Crippen LogP) is 0.734. The molecule has 2 rings (SSSR count). The summed E-state index contributed by atoms with van der Waals surface area (Å²) in [6, 6.07) is 2.74. The number of likely N-dealkylation sites (tertiary alicyclic amines) is 1. The summed E-state index contributed by atoms with van der Waals surface area (Å²) in [5.41, 5.74) is 5.88. The van der Waals surface area contributed by atoms with Crippen LogP contribution in [0.1, 0.15) is 23.8 Å². The number of H-pyrrole nitrogens is 1. The molecule has 0 bridgehead atoms. The van der Waals surface area contributed by atoms with Gasteiger partial charge >= 0.3 is 5.82 Å². The largest absolute Gasteiger partial charge is 0.358 e. The molecule has 3 N–H and O–H groups in total. The molecule has 98 valence electrons. The first-order chi connectivity index (χ1) is 8.45. The molecule has 7 heteroatoms. The van der Waals surface area contributed by atoms with Crippen LogP contribution in [0.15, 0.2) is 12.1 Å². The number of hydrogen-bond donors (Lipinski definition) is 2. The number of nitrogens with one attached hydrogen (secondary N) is 1. The number of rotatable bonds is 3. The standard InChI is InChI=1S/C11H16N4O3/c1-11(6-12)4-5-14(7-11)10(16)8-2-3-9(13-8)15(17)18/h2-3,13H,4-7,12H2,1H3. The van der Waals surface area contributed by atoms with Gasteiger partial charge in [-0.3, -0.25) is 4.79 Å². The smallest absolute Gasteiger partial charge is 0.321 e. The predicted molar refractivity (Wildman–Crippen MR) is 65.1 cm³/mol. The summed E-state index contributed by atoms with van der Waals surface area (Å²) < 4.78 is 0. The lowest BCUT2D eigenvalue weighted by atomic mass is 9.90. The van der Waals surface area contributed by atoms with Crippen molar-refractivity contribution < 1.29 is 9.72 Å². The van der Waals surface area contributed by atoms with Gasteiger partial charge in [0.25, 0.3) is 5.91 Å². The Morgan fingerprint density at radius 1 is 1.67 bits per heavy atom. The van der Waals surface area contributed by atoms with Crippen LogP contribution in [0.4, 0.5) is 5.82 Å². The molecule has 2 heterocycles. The normalized spacial score (nSPS) is 23.3. The molecule has 0 radical (unpaired) electrons. The lowest BCUT2D eigenvalue weighted by molar-refractivity contribution is -0.389. The molecule has 1 aliphatic rings. The fourth-order valence-electron chi connectivity index (χ4n) is 2.15. The Kier molecular flexibility index (Phi) is 3.08. The molecule has 1 fully saturated rings. The molecular formula is C11H16N4O3. The fourth-order valence-corrected chi connectivity index (χ4v) is 2.15. The number of hydrogen-bond acceptors (Lipinski definition) is 4. The zero-order chi connectivity index (χ0) is 13.3. The quantitative estimate of drug-likeness (QED) is 0.611. The van der Waals surface area contributed by atoms with Crippen molar-refractivity contribution in [1.82, 2.24) is 9.88 Å². The van der Waals surface area contributed by atoms with E-state index in [1.807, 2.05) is 6.92 Å². The van der Waals surface area contributed by atoms with E-state index in [-0.39, 0.29) is 22.8 Å². The lowest BCUT2D eigenvalue weighted by Crippen LogP contribution is -2.34. The lowest BCUT2D eigenvalue weighted by Gasteiger charge is -2.21. The second-order valence-electron chi connectivity index (χ2n) is 5.01. The summed E-state index contributed by atoms with van der Waals surface area (Å²) in [5, 5.41) is 10.5. The van der Waals surface area contributed by atoms with Crippen LogP contribution in [-0.2, 0) is 0 Å². The van der Waals surface area contributed by atoms with Crippen LogP contribution in [0, 0.1) is 15.5 Å². The maximum absolute atomic E-state index is 12.1. The SMILES string of the molecule is CC1(CN)CCN(C(=O)c2ccc([N+](=O)[O-])[nH]2)C1. The topological polar surface area (TPSA) is 105 Å². The van der Waals surface area contributed by atoms with Crippen molar-refractivity contribution in [2.24, 2.45) is 11.1 Å². The van der Waals surface area contributed by atoms with E-state index in [1.165, 1.54) is 12.1 Å². The van der Waals surface area contributed by atoms with Gasteiger partial charge in [0.05, 0.1) is 0 Å². The van der Waals surface area contributed by atoms with E-state index in [4.69, 9.17) is 5.73 Å². The second kappa shape index (κ2) is 4.41. The van der Waals surface area contributed by atoms with Crippen molar-refractivity contribution in [1.29, 1.82) is 0 Å². The number of nitrogens with two attached hydrogens (primary N) is 1. The Hall–Kier alpha value is -1.89. The van der Waals surface area contributed by atoms with E-state index in [0.29, 0.717) is 19.6 Å². The maximum Gasteiger partial charge on any atom is 0.321 e. The Labute approximate surface area is 104 Å². The Morgan fingerprint density at radius 3 is 2.89 bits per heavy atom. The number of nitro groups is 1. The van der Waals surface area contributed by atoms with Crippen molar-refractivity contribution in [3.8, 4) is 0 Å². The molecule has 1 aromatic heterocycles. The fraction of sp³-hybridized carbons (Fsp3) is 0.545. The van der Waals surface area contributed by atoms with Crippen LogP contribution >= 0.6 is 0 Å². The molecule has 0 aromatic carbocycles. The van der Waals surface area contributed by atoms with E-state index in [0.717, 1.165) is 6.42 Å². The van der Waals surface area contributed by atoms with Crippen LogP contribution in [0.25, 0.3) is 0 Å². The van der Waals surface area contributed by atoms with E-state index < -0.39 is 4.92 Å². The summed E-state index contributed by atoms with van der Waals surface area (Å²) >= 11 is 0. The minimum Gasteiger partial charge on any atom is -0.358 e. The van der Waals surface area contributed by atoms with Gasteiger partial charge in [-0.05, 0) is 29.4 Å². The Morgan fingerprint density at radius 2 is 2.39 bits per heavy atom. The van der Waals surface area contributed by atoms with E-state index in [9.17, 15) is 14.9 Å². The zero-order valence-electron chi connectivity index (χ0n) is 10.2.